The van der Waals surface area contributed by atoms with E-state index in [0.29, 0.717) is 17.9 Å². The summed E-state index contributed by atoms with van der Waals surface area (Å²) in [5.41, 5.74) is 6.08. The minimum atomic E-state index is 0.168. The smallest absolute Gasteiger partial charge is 0.225 e. The molecule has 2 aliphatic rings. The van der Waals surface area contributed by atoms with Crippen LogP contribution in [-0.4, -0.2) is 29.9 Å². The quantitative estimate of drug-likeness (QED) is 0.835. The van der Waals surface area contributed by atoms with E-state index in [4.69, 9.17) is 5.73 Å². The highest BCUT2D eigenvalue weighted by Gasteiger charge is 2.34. The number of carbonyl (C=O) groups excluding carboxylic acids is 1. The average Bonchev–Trinajstić information content (AvgIpc) is 2.36. The molecule has 0 heterocycles. The third kappa shape index (κ3) is 3.71. The van der Waals surface area contributed by atoms with Crippen molar-refractivity contribution in [1.29, 1.82) is 0 Å². The third-order valence-corrected chi connectivity index (χ3v) is 5.13. The number of hydrogen-bond donors (Lipinski definition) is 1. The molecule has 2 fully saturated rings. The summed E-state index contributed by atoms with van der Waals surface area (Å²) in [4.78, 5) is 14.7. The van der Waals surface area contributed by atoms with E-state index < -0.39 is 0 Å². The van der Waals surface area contributed by atoms with Crippen molar-refractivity contribution >= 4 is 5.91 Å². The zero-order valence-electron chi connectivity index (χ0n) is 12.8. The Morgan fingerprint density at radius 3 is 2.42 bits per heavy atom. The first-order valence-corrected chi connectivity index (χ1v) is 7.99. The van der Waals surface area contributed by atoms with Crippen LogP contribution in [0.4, 0.5) is 0 Å². The standard InChI is InChI=1S/C16H30N2O/c1-11-5-4-6-15(9-11)18(3)16(19)13-7-12(2)8-14(17)10-13/h11-15H,4-10,17H2,1-3H3. The number of rotatable bonds is 2. The lowest BCUT2D eigenvalue weighted by molar-refractivity contribution is -0.139. The van der Waals surface area contributed by atoms with Gasteiger partial charge in [0.2, 0.25) is 5.91 Å². The van der Waals surface area contributed by atoms with Crippen LogP contribution in [0.1, 0.15) is 58.8 Å². The van der Waals surface area contributed by atoms with Crippen LogP contribution in [0.15, 0.2) is 0 Å². The minimum Gasteiger partial charge on any atom is -0.343 e. The molecule has 2 rings (SSSR count). The van der Waals surface area contributed by atoms with E-state index in [-0.39, 0.29) is 12.0 Å². The van der Waals surface area contributed by atoms with Crippen molar-refractivity contribution in [2.45, 2.75) is 70.9 Å². The number of nitrogens with zero attached hydrogens (tertiary/aromatic N) is 1. The van der Waals surface area contributed by atoms with Crippen molar-refractivity contribution < 1.29 is 4.79 Å². The van der Waals surface area contributed by atoms with Gasteiger partial charge in [-0.1, -0.05) is 26.7 Å². The van der Waals surface area contributed by atoms with Crippen LogP contribution < -0.4 is 5.73 Å². The molecule has 5 atom stereocenters. The monoisotopic (exact) mass is 266 g/mol. The molecule has 2 saturated carbocycles. The van der Waals surface area contributed by atoms with E-state index in [9.17, 15) is 4.79 Å². The maximum absolute atomic E-state index is 12.7. The van der Waals surface area contributed by atoms with Crippen LogP contribution in [0.5, 0.6) is 0 Å². The molecule has 1 amide bonds. The lowest BCUT2D eigenvalue weighted by atomic mass is 9.78. The summed E-state index contributed by atoms with van der Waals surface area (Å²) in [7, 11) is 2.01. The maximum atomic E-state index is 12.7. The first-order chi connectivity index (χ1) is 8.97. The SMILES string of the molecule is CC1CC(N)CC(C(=O)N(C)C2CCCC(C)C2)C1. The van der Waals surface area contributed by atoms with Gasteiger partial charge in [-0.15, -0.1) is 0 Å². The Morgan fingerprint density at radius 1 is 1.05 bits per heavy atom. The second-order valence-corrected chi connectivity index (χ2v) is 7.14. The van der Waals surface area contributed by atoms with Crippen molar-refractivity contribution in [3.05, 3.63) is 0 Å². The van der Waals surface area contributed by atoms with Crippen molar-refractivity contribution in [3.63, 3.8) is 0 Å². The lowest BCUT2D eigenvalue weighted by Gasteiger charge is -2.38. The summed E-state index contributed by atoms with van der Waals surface area (Å²) in [6.45, 7) is 4.53. The van der Waals surface area contributed by atoms with E-state index >= 15 is 0 Å². The Bertz CT molecular complexity index is 308. The van der Waals surface area contributed by atoms with E-state index in [1.807, 2.05) is 11.9 Å². The van der Waals surface area contributed by atoms with Crippen molar-refractivity contribution in [2.75, 3.05) is 7.05 Å². The van der Waals surface area contributed by atoms with Crippen LogP contribution in [-0.2, 0) is 4.79 Å². The molecule has 0 bridgehead atoms. The molecular formula is C16H30N2O. The van der Waals surface area contributed by atoms with Gasteiger partial charge >= 0.3 is 0 Å². The largest absolute Gasteiger partial charge is 0.343 e. The van der Waals surface area contributed by atoms with E-state index in [2.05, 4.69) is 13.8 Å². The summed E-state index contributed by atoms with van der Waals surface area (Å²) in [6.07, 6.45) is 7.94. The van der Waals surface area contributed by atoms with Crippen LogP contribution >= 0.6 is 0 Å². The van der Waals surface area contributed by atoms with Gasteiger partial charge in [-0.25, -0.2) is 0 Å². The highest BCUT2D eigenvalue weighted by atomic mass is 16.2. The van der Waals surface area contributed by atoms with Gasteiger partial charge in [0.25, 0.3) is 0 Å². The zero-order chi connectivity index (χ0) is 14.0. The van der Waals surface area contributed by atoms with Gasteiger partial charge < -0.3 is 10.6 Å². The number of nitrogens with two attached hydrogens (primary N) is 1. The molecule has 0 aliphatic heterocycles. The summed E-state index contributed by atoms with van der Waals surface area (Å²) in [5, 5.41) is 0. The van der Waals surface area contributed by atoms with Crippen LogP contribution in [0, 0.1) is 17.8 Å². The van der Waals surface area contributed by atoms with Gasteiger partial charge in [0.1, 0.15) is 0 Å². The Kier molecular flexibility index (Phi) is 4.88. The molecule has 0 spiro atoms. The van der Waals surface area contributed by atoms with Crippen molar-refractivity contribution in [1.82, 2.24) is 4.90 Å². The highest BCUT2D eigenvalue weighted by Crippen LogP contribution is 2.32. The molecule has 0 aromatic heterocycles. The number of hydrogen-bond acceptors (Lipinski definition) is 2. The molecule has 0 radical (unpaired) electrons. The molecule has 3 nitrogen and oxygen atoms in total. The predicted molar refractivity (Wildman–Crippen MR) is 78.7 cm³/mol. The van der Waals surface area contributed by atoms with Gasteiger partial charge in [-0.3, -0.25) is 4.79 Å². The fraction of sp³-hybridized carbons (Fsp3) is 0.938. The van der Waals surface area contributed by atoms with Gasteiger partial charge in [0, 0.05) is 25.0 Å². The summed E-state index contributed by atoms with van der Waals surface area (Å²) < 4.78 is 0. The van der Waals surface area contributed by atoms with E-state index in [0.717, 1.165) is 25.2 Å². The molecule has 2 N–H and O–H groups in total. The Labute approximate surface area is 117 Å². The minimum absolute atomic E-state index is 0.168. The van der Waals surface area contributed by atoms with E-state index in [1.54, 1.807) is 0 Å². The first kappa shape index (κ1) is 14.8. The van der Waals surface area contributed by atoms with Gasteiger partial charge in [-0.2, -0.15) is 0 Å². The normalized spacial score (nSPS) is 39.9. The molecule has 2 aliphatic carbocycles. The second-order valence-electron chi connectivity index (χ2n) is 7.14. The number of amides is 1. The van der Waals surface area contributed by atoms with Crippen LogP contribution in [0.3, 0.4) is 0 Å². The average molecular weight is 266 g/mol. The highest BCUT2D eigenvalue weighted by molar-refractivity contribution is 5.79. The van der Waals surface area contributed by atoms with Crippen molar-refractivity contribution in [2.24, 2.45) is 23.5 Å². The van der Waals surface area contributed by atoms with Gasteiger partial charge in [0.15, 0.2) is 0 Å². The topological polar surface area (TPSA) is 46.3 Å². The Morgan fingerprint density at radius 2 is 1.79 bits per heavy atom. The molecule has 0 aromatic carbocycles. The lowest BCUT2D eigenvalue weighted by Crippen LogP contribution is -2.46. The fourth-order valence-corrected chi connectivity index (χ4v) is 4.08. The van der Waals surface area contributed by atoms with E-state index in [1.165, 1.54) is 25.7 Å². The Hall–Kier alpha value is -0.570. The first-order valence-electron chi connectivity index (χ1n) is 7.99. The predicted octanol–water partition coefficient (Wildman–Crippen LogP) is 2.79. The second kappa shape index (κ2) is 6.25. The van der Waals surface area contributed by atoms with Gasteiger partial charge in [-0.05, 0) is 43.9 Å². The van der Waals surface area contributed by atoms with Gasteiger partial charge in [0.05, 0.1) is 0 Å². The third-order valence-electron chi connectivity index (χ3n) is 5.13. The number of carbonyl (C=O) groups is 1. The molecule has 0 saturated heterocycles. The molecule has 110 valence electrons. The molecule has 5 unspecified atom stereocenters. The van der Waals surface area contributed by atoms with Crippen LogP contribution in [0.25, 0.3) is 0 Å². The Balaban J connectivity index is 1.94. The zero-order valence-corrected chi connectivity index (χ0v) is 12.8. The fourth-order valence-electron chi connectivity index (χ4n) is 4.08. The summed E-state index contributed by atoms with van der Waals surface area (Å²) >= 11 is 0. The van der Waals surface area contributed by atoms with Crippen molar-refractivity contribution in [3.8, 4) is 0 Å². The summed E-state index contributed by atoms with van der Waals surface area (Å²) in [5.74, 6) is 1.87. The molecular weight excluding hydrogens is 236 g/mol. The van der Waals surface area contributed by atoms with Crippen LogP contribution in [0.2, 0.25) is 0 Å². The summed E-state index contributed by atoms with van der Waals surface area (Å²) in [6, 6.07) is 0.682. The molecule has 3 heteroatoms. The maximum Gasteiger partial charge on any atom is 0.225 e. The molecule has 0 aromatic rings. The molecule has 19 heavy (non-hydrogen) atoms.